The van der Waals surface area contributed by atoms with Crippen LogP contribution in [0, 0.1) is 0 Å². The summed E-state index contributed by atoms with van der Waals surface area (Å²) >= 11 is 0. The monoisotopic (exact) mass is 166 g/mol. The molecule has 0 unspecified atom stereocenters. The summed E-state index contributed by atoms with van der Waals surface area (Å²) in [6.07, 6.45) is 0. The van der Waals surface area contributed by atoms with Crippen molar-refractivity contribution in [1.82, 2.24) is 0 Å². The van der Waals surface area contributed by atoms with E-state index < -0.39 is 0 Å². The normalized spacial score (nSPS) is 0. The van der Waals surface area contributed by atoms with Crippen molar-refractivity contribution in [2.75, 3.05) is 0 Å². The maximum Gasteiger partial charge on any atom is 3.00 e. The van der Waals surface area contributed by atoms with Crippen LogP contribution in [-0.2, 0) is 0 Å². The van der Waals surface area contributed by atoms with E-state index in [4.69, 9.17) is 0 Å². The fourth-order valence-corrected chi connectivity index (χ4v) is 0. The van der Waals surface area contributed by atoms with E-state index in [0.717, 1.165) is 0 Å². The van der Waals surface area contributed by atoms with Gasteiger partial charge in [-0.25, -0.2) is 0 Å². The van der Waals surface area contributed by atoms with Crippen molar-refractivity contribution in [3.8, 4) is 0 Å². The Morgan fingerprint density at radius 3 is 0.500 bits per heavy atom. The van der Waals surface area contributed by atoms with E-state index in [1.807, 2.05) is 0 Å². The van der Waals surface area contributed by atoms with Gasteiger partial charge in [0.1, 0.15) is 0 Å². The quantitative estimate of drug-likeness (QED) is 0.317. The van der Waals surface area contributed by atoms with Crippen molar-refractivity contribution >= 4 is 49.7 Å². The first-order valence-corrected chi connectivity index (χ1v) is 0. The van der Waals surface area contributed by atoms with Gasteiger partial charge in [0.2, 0.25) is 0 Å². The van der Waals surface area contributed by atoms with Gasteiger partial charge in [-0.15, -0.1) is 0 Å². The van der Waals surface area contributed by atoms with Gasteiger partial charge >= 0.3 is 24.4 Å². The Bertz CT molecular complexity index is 3.25. The Kier molecular flexibility index (Phi) is 698. The van der Waals surface area contributed by atoms with Gasteiger partial charge in [-0.2, -0.15) is 0 Å². The van der Waals surface area contributed by atoms with Crippen LogP contribution >= 0.6 is 0 Å². The molecule has 0 atom stereocenters. The molecule has 0 saturated carbocycles. The van der Waals surface area contributed by atoms with Crippen LogP contribution < -0.4 is 0 Å². The number of hydrogen-bond donors (Lipinski definition) is 0. The zero-order valence-electron chi connectivity index (χ0n) is 0.447. The average Bonchev–Trinajstić information content (AvgIpc) is 0. The summed E-state index contributed by atoms with van der Waals surface area (Å²) in [6.45, 7) is 0. The Balaban J connectivity index is 0. The molecule has 26 valence electrons. The minimum atomic E-state index is 0. The maximum atomic E-state index is 0. The smallest absolute Gasteiger partial charge is 0.0626 e. The molecule has 0 fully saturated rings. The van der Waals surface area contributed by atoms with Crippen LogP contribution in [0.2, 0.25) is 0 Å². The van der Waals surface area contributed by atoms with E-state index in [1.165, 1.54) is 0 Å². The molecule has 0 amide bonds. The predicted molar refractivity (Wildman–Crippen MR) is 39.8 cm³/mol. The van der Waals surface area contributed by atoms with Gasteiger partial charge in [-0.3, -0.25) is 0 Å². The van der Waals surface area contributed by atoms with Gasteiger partial charge in [0.25, 0.3) is 0 Å². The van der Waals surface area contributed by atoms with Gasteiger partial charge in [0.15, 0.2) is 0 Å². The molecule has 0 aromatic carbocycles. The average molecular weight is 166 g/mol. The first-order chi connectivity index (χ1) is 0. The zero-order chi connectivity index (χ0) is 0. The Hall–Kier alpha value is 1.01. The van der Waals surface area contributed by atoms with Gasteiger partial charge in [-0.1, -0.05) is 25.2 Å². The fraction of sp³-hybridized carbons (Fsp3) is 0. The number of hydrogen-bond acceptors (Lipinski definition) is 0. The van der Waals surface area contributed by atoms with Crippen LogP contribution in [0.1, 0.15) is 0 Å². The minimum Gasteiger partial charge on any atom is -0.0626 e. The van der Waals surface area contributed by atoms with Crippen LogP contribution in [0.25, 0.3) is 0 Å². The second-order valence-electron chi connectivity index (χ2n) is 0. The van der Waals surface area contributed by atoms with E-state index in [0.29, 0.717) is 0 Å². The molecule has 0 aliphatic carbocycles. The SMILES string of the molecule is [BH4-].[BH4-].[BH4-].[Sb+3]. The summed E-state index contributed by atoms with van der Waals surface area (Å²) in [5.74, 6) is 0. The molecule has 0 N–H and O–H groups in total. The van der Waals surface area contributed by atoms with Crippen LogP contribution in [0.3, 0.4) is 0 Å². The van der Waals surface area contributed by atoms with Crippen molar-refractivity contribution in [2.45, 2.75) is 0 Å². The fourth-order valence-electron chi connectivity index (χ4n) is 0. The van der Waals surface area contributed by atoms with Gasteiger partial charge in [-0.05, 0) is 0 Å². The molecule has 4 heteroatoms. The third kappa shape index (κ3) is 11.9. The summed E-state index contributed by atoms with van der Waals surface area (Å²) in [6, 6.07) is 0. The third-order valence-electron chi connectivity index (χ3n) is 0. The van der Waals surface area contributed by atoms with E-state index in [2.05, 4.69) is 0 Å². The minimum absolute atomic E-state index is 0. The van der Waals surface area contributed by atoms with Crippen LogP contribution in [0.5, 0.6) is 0 Å². The standard InChI is InChI=1S/3BH4.Sb/h3*1H4;/q3*-1;+3. The van der Waals surface area contributed by atoms with E-state index in [1.54, 1.807) is 0 Å². The molecule has 0 aliphatic rings. The van der Waals surface area contributed by atoms with Crippen molar-refractivity contribution in [1.29, 1.82) is 0 Å². The Morgan fingerprint density at radius 1 is 0.500 bits per heavy atom. The molecule has 0 aromatic heterocycles. The van der Waals surface area contributed by atoms with Crippen molar-refractivity contribution < 1.29 is 0 Å². The molecular weight excluding hydrogens is 154 g/mol. The summed E-state index contributed by atoms with van der Waals surface area (Å²) < 4.78 is 0. The summed E-state index contributed by atoms with van der Waals surface area (Å²) in [4.78, 5) is 0. The van der Waals surface area contributed by atoms with Crippen LogP contribution in [0.15, 0.2) is 0 Å². The molecule has 4 heavy (non-hydrogen) atoms. The predicted octanol–water partition coefficient (Wildman–Crippen LogP) is -4.74. The molecule has 0 saturated heterocycles. The van der Waals surface area contributed by atoms with Gasteiger partial charge < -0.3 is 0 Å². The second kappa shape index (κ2) is 35.5. The topological polar surface area (TPSA) is 0 Å². The molecule has 0 heterocycles. The Labute approximate surface area is 49.9 Å². The van der Waals surface area contributed by atoms with Gasteiger partial charge in [0.05, 0.1) is 0 Å². The maximum absolute atomic E-state index is 0. The van der Waals surface area contributed by atoms with Crippen LogP contribution in [-0.4, -0.2) is 49.7 Å². The zero-order valence-corrected chi connectivity index (χ0v) is 3.00. The van der Waals surface area contributed by atoms with E-state index in [9.17, 15) is 0 Å². The first-order valence-electron chi connectivity index (χ1n) is 0. The molecule has 0 bridgehead atoms. The molecule has 0 rings (SSSR count). The molecule has 0 nitrogen and oxygen atoms in total. The van der Waals surface area contributed by atoms with Crippen molar-refractivity contribution in [3.63, 3.8) is 0 Å². The van der Waals surface area contributed by atoms with Crippen molar-refractivity contribution in [2.24, 2.45) is 0 Å². The van der Waals surface area contributed by atoms with Crippen molar-refractivity contribution in [3.05, 3.63) is 0 Å². The summed E-state index contributed by atoms with van der Waals surface area (Å²) in [5.41, 5.74) is 0. The molecule has 0 aromatic rings. The van der Waals surface area contributed by atoms with Crippen LogP contribution in [0.4, 0.5) is 0 Å². The molecule has 2 radical (unpaired) electrons. The summed E-state index contributed by atoms with van der Waals surface area (Å²) in [5, 5.41) is 0. The van der Waals surface area contributed by atoms with E-state index >= 15 is 0 Å². The third-order valence-corrected chi connectivity index (χ3v) is 0. The summed E-state index contributed by atoms with van der Waals surface area (Å²) in [7, 11) is 0. The van der Waals surface area contributed by atoms with E-state index in [-0.39, 0.29) is 49.7 Å². The number of rotatable bonds is 0. The first kappa shape index (κ1) is 78.7. The molecule has 0 spiro atoms. The molecular formula is H12B3Sb. The molecule has 0 aliphatic heterocycles. The van der Waals surface area contributed by atoms with Gasteiger partial charge in [0, 0.05) is 0 Å². The largest absolute Gasteiger partial charge is 3.00 e. The Morgan fingerprint density at radius 2 is 0.500 bits per heavy atom. The second-order valence-corrected chi connectivity index (χ2v) is 0.